The van der Waals surface area contributed by atoms with Crippen molar-refractivity contribution < 1.29 is 14.3 Å². The van der Waals surface area contributed by atoms with Crippen LogP contribution in [0.3, 0.4) is 0 Å². The number of nitrogens with one attached hydrogen (secondary N) is 1. The van der Waals surface area contributed by atoms with E-state index in [-0.39, 0.29) is 18.9 Å². The third kappa shape index (κ3) is 4.97. The highest BCUT2D eigenvalue weighted by atomic mass is 35.5. The zero-order valence-electron chi connectivity index (χ0n) is 20.7. The van der Waals surface area contributed by atoms with Crippen LogP contribution in [0, 0.1) is 0 Å². The molecule has 194 valence electrons. The molecule has 1 aliphatic heterocycles. The lowest BCUT2D eigenvalue weighted by Gasteiger charge is -2.35. The number of carbonyl (C=O) groups is 1. The summed E-state index contributed by atoms with van der Waals surface area (Å²) < 4.78 is 15.4. The van der Waals surface area contributed by atoms with Gasteiger partial charge >= 0.3 is 6.09 Å². The molecule has 2 aromatic carbocycles. The predicted molar refractivity (Wildman–Crippen MR) is 143 cm³/mol. The first-order valence-electron chi connectivity index (χ1n) is 12.5. The van der Waals surface area contributed by atoms with Crippen LogP contribution in [0.15, 0.2) is 79.9 Å². The number of fused-ring (bicyclic) bond motifs is 3. The third-order valence-corrected chi connectivity index (χ3v) is 7.04. The summed E-state index contributed by atoms with van der Waals surface area (Å²) in [7, 11) is 0. The minimum absolute atomic E-state index is 0.100. The van der Waals surface area contributed by atoms with Crippen LogP contribution in [-0.4, -0.2) is 48.2 Å². The molecule has 0 fully saturated rings. The first kappa shape index (κ1) is 24.1. The molecular formula is C28H27ClN6O3. The number of hydrogen-bond donors (Lipinski definition) is 1. The van der Waals surface area contributed by atoms with Crippen LogP contribution in [-0.2, 0) is 24.4 Å². The summed E-state index contributed by atoms with van der Waals surface area (Å²) in [5.74, 6) is 0.785. The van der Waals surface area contributed by atoms with Gasteiger partial charge in [0.1, 0.15) is 11.8 Å². The van der Waals surface area contributed by atoms with Gasteiger partial charge < -0.3 is 23.6 Å². The second kappa shape index (κ2) is 10.6. The van der Waals surface area contributed by atoms with Crippen molar-refractivity contribution in [3.05, 3.63) is 102 Å². The summed E-state index contributed by atoms with van der Waals surface area (Å²) in [6.45, 7) is 2.07. The Balaban J connectivity index is 1.24. The molecule has 1 N–H and O–H groups in total. The second-order valence-electron chi connectivity index (χ2n) is 9.24. The SMILES string of the molecule is O=C(OCn1ccnc1)N1CCc2c([nH]c3ccc(Cl)cc23)C1c1ccc(OCCCn2ccnc2)cc1. The molecule has 5 aromatic rings. The monoisotopic (exact) mass is 530 g/mol. The molecule has 0 aliphatic carbocycles. The quantitative estimate of drug-likeness (QED) is 0.270. The molecule has 1 amide bonds. The number of amides is 1. The summed E-state index contributed by atoms with van der Waals surface area (Å²) in [4.78, 5) is 26.7. The largest absolute Gasteiger partial charge is 0.494 e. The molecule has 0 saturated heterocycles. The van der Waals surface area contributed by atoms with Gasteiger partial charge in [0.15, 0.2) is 6.73 Å². The van der Waals surface area contributed by atoms with Crippen molar-refractivity contribution in [1.29, 1.82) is 0 Å². The van der Waals surface area contributed by atoms with Gasteiger partial charge in [0, 0.05) is 59.5 Å². The van der Waals surface area contributed by atoms with E-state index < -0.39 is 0 Å². The lowest BCUT2D eigenvalue weighted by atomic mass is 9.92. The summed E-state index contributed by atoms with van der Waals surface area (Å²) in [6.07, 6.45) is 11.7. The zero-order valence-corrected chi connectivity index (χ0v) is 21.4. The number of halogens is 1. The van der Waals surface area contributed by atoms with E-state index in [1.807, 2.05) is 53.2 Å². The van der Waals surface area contributed by atoms with Crippen molar-refractivity contribution in [1.82, 2.24) is 29.0 Å². The van der Waals surface area contributed by atoms with Crippen molar-refractivity contribution in [2.24, 2.45) is 0 Å². The Morgan fingerprint density at radius 3 is 2.61 bits per heavy atom. The molecule has 0 bridgehead atoms. The lowest BCUT2D eigenvalue weighted by Crippen LogP contribution is -2.41. The molecule has 4 heterocycles. The lowest BCUT2D eigenvalue weighted by molar-refractivity contribution is 0.0645. The van der Waals surface area contributed by atoms with Gasteiger partial charge in [-0.25, -0.2) is 14.8 Å². The van der Waals surface area contributed by atoms with Crippen molar-refractivity contribution in [3.8, 4) is 5.75 Å². The predicted octanol–water partition coefficient (Wildman–Crippen LogP) is 5.43. The standard InChI is InChI=1S/C28H27ClN6O3/c29-21-4-7-25-24(16-21)23-8-12-35(28(36)38-19-34-14-10-31-18-34)27(26(23)32-25)20-2-5-22(6-3-20)37-15-1-11-33-13-9-30-17-33/h2-7,9-10,13-14,16-18,27,32H,1,8,11-12,15,19H2. The van der Waals surface area contributed by atoms with E-state index in [2.05, 4.69) is 15.0 Å². The van der Waals surface area contributed by atoms with Crippen LogP contribution >= 0.6 is 11.6 Å². The first-order chi connectivity index (χ1) is 18.7. The number of nitrogens with zero attached hydrogens (tertiary/aromatic N) is 5. The third-order valence-electron chi connectivity index (χ3n) is 6.80. The molecule has 0 radical (unpaired) electrons. The van der Waals surface area contributed by atoms with Gasteiger partial charge in [0.2, 0.25) is 0 Å². The number of carbonyl (C=O) groups excluding carboxylic acids is 1. The molecule has 0 spiro atoms. The topological polar surface area (TPSA) is 90.2 Å². The number of hydrogen-bond acceptors (Lipinski definition) is 5. The number of aromatic amines is 1. The number of ether oxygens (including phenoxy) is 2. The maximum absolute atomic E-state index is 13.3. The zero-order chi connectivity index (χ0) is 25.9. The Hall–Kier alpha value is -4.24. The normalized spacial score (nSPS) is 15.0. The number of imidazole rings is 2. The van der Waals surface area contributed by atoms with Crippen LogP contribution in [0.25, 0.3) is 10.9 Å². The minimum Gasteiger partial charge on any atom is -0.494 e. The highest BCUT2D eigenvalue weighted by molar-refractivity contribution is 6.31. The van der Waals surface area contributed by atoms with Gasteiger partial charge in [-0.15, -0.1) is 0 Å². The summed E-state index contributed by atoms with van der Waals surface area (Å²) in [6, 6.07) is 13.4. The van der Waals surface area contributed by atoms with Gasteiger partial charge in [0.25, 0.3) is 0 Å². The molecule has 1 aliphatic rings. The molecule has 6 rings (SSSR count). The van der Waals surface area contributed by atoms with E-state index in [4.69, 9.17) is 21.1 Å². The highest BCUT2D eigenvalue weighted by Gasteiger charge is 2.35. The Bertz CT molecular complexity index is 1510. The van der Waals surface area contributed by atoms with Gasteiger partial charge in [-0.05, 0) is 54.3 Å². The molecule has 10 heteroatoms. The van der Waals surface area contributed by atoms with Crippen LogP contribution in [0.2, 0.25) is 5.02 Å². The van der Waals surface area contributed by atoms with Crippen LogP contribution in [0.5, 0.6) is 5.75 Å². The highest BCUT2D eigenvalue weighted by Crippen LogP contribution is 2.39. The molecule has 1 unspecified atom stereocenters. The Morgan fingerprint density at radius 1 is 1.05 bits per heavy atom. The number of aromatic nitrogens is 5. The van der Waals surface area contributed by atoms with Gasteiger partial charge in [-0.3, -0.25) is 4.90 Å². The Kier molecular flexibility index (Phi) is 6.75. The second-order valence-corrected chi connectivity index (χ2v) is 9.68. The van der Waals surface area contributed by atoms with Crippen LogP contribution in [0.4, 0.5) is 4.79 Å². The average Bonchev–Trinajstić information content (AvgIpc) is 3.71. The summed E-state index contributed by atoms with van der Waals surface area (Å²) in [5, 5.41) is 1.77. The fourth-order valence-corrected chi connectivity index (χ4v) is 5.15. The average molecular weight is 531 g/mol. The molecule has 0 saturated carbocycles. The first-order valence-corrected chi connectivity index (χ1v) is 12.9. The minimum atomic E-state index is -0.383. The van der Waals surface area contributed by atoms with E-state index in [1.54, 1.807) is 40.7 Å². The molecule has 9 nitrogen and oxygen atoms in total. The fourth-order valence-electron chi connectivity index (χ4n) is 4.98. The maximum Gasteiger partial charge on any atom is 0.412 e. The molecule has 1 atom stereocenters. The number of rotatable bonds is 8. The molecular weight excluding hydrogens is 504 g/mol. The van der Waals surface area contributed by atoms with E-state index in [1.165, 1.54) is 5.56 Å². The van der Waals surface area contributed by atoms with Crippen molar-refractivity contribution in [2.45, 2.75) is 32.2 Å². The summed E-state index contributed by atoms with van der Waals surface area (Å²) >= 11 is 6.32. The number of H-pyrrole nitrogens is 1. The number of benzene rings is 2. The van der Waals surface area contributed by atoms with Crippen molar-refractivity contribution >= 4 is 28.6 Å². The Labute approximate surface area is 224 Å². The Morgan fingerprint density at radius 2 is 1.84 bits per heavy atom. The smallest absolute Gasteiger partial charge is 0.412 e. The van der Waals surface area contributed by atoms with E-state index >= 15 is 0 Å². The van der Waals surface area contributed by atoms with Gasteiger partial charge in [-0.1, -0.05) is 23.7 Å². The molecule has 3 aromatic heterocycles. The van der Waals surface area contributed by atoms with E-state index in [0.29, 0.717) is 24.6 Å². The van der Waals surface area contributed by atoms with Gasteiger partial charge in [-0.2, -0.15) is 0 Å². The van der Waals surface area contributed by atoms with E-state index in [9.17, 15) is 4.79 Å². The van der Waals surface area contributed by atoms with Crippen LogP contribution in [0.1, 0.15) is 29.3 Å². The van der Waals surface area contributed by atoms with E-state index in [0.717, 1.165) is 40.9 Å². The van der Waals surface area contributed by atoms with Crippen LogP contribution < -0.4 is 4.74 Å². The summed E-state index contributed by atoms with van der Waals surface area (Å²) in [5.41, 5.74) is 4.11. The number of aryl methyl sites for hydroxylation is 1. The maximum atomic E-state index is 13.3. The fraction of sp³-hybridized carbons (Fsp3) is 0.250. The molecule has 38 heavy (non-hydrogen) atoms. The van der Waals surface area contributed by atoms with Gasteiger partial charge in [0.05, 0.1) is 19.3 Å². The van der Waals surface area contributed by atoms with Crippen molar-refractivity contribution in [3.63, 3.8) is 0 Å². The van der Waals surface area contributed by atoms with Crippen molar-refractivity contribution in [2.75, 3.05) is 13.2 Å².